The number of amides is 2. The lowest BCUT2D eigenvalue weighted by molar-refractivity contribution is -0.190. The van der Waals surface area contributed by atoms with Gasteiger partial charge in [-0.1, -0.05) is 30.3 Å². The van der Waals surface area contributed by atoms with E-state index in [0.29, 0.717) is 16.8 Å². The van der Waals surface area contributed by atoms with E-state index in [1.165, 1.54) is 12.1 Å². The quantitative estimate of drug-likeness (QED) is 0.248. The molecule has 12 heteroatoms. The van der Waals surface area contributed by atoms with Crippen LogP contribution in [0.1, 0.15) is 31.9 Å². The molecule has 2 fully saturated rings. The number of rotatable bonds is 9. The molecule has 0 radical (unpaired) electrons. The van der Waals surface area contributed by atoms with Crippen LogP contribution in [0.3, 0.4) is 0 Å². The van der Waals surface area contributed by atoms with Crippen LogP contribution in [0, 0.1) is 23.6 Å². The van der Waals surface area contributed by atoms with Gasteiger partial charge in [0.2, 0.25) is 11.8 Å². The largest absolute Gasteiger partial charge is 0.474 e. The highest BCUT2D eigenvalue weighted by molar-refractivity contribution is 6.01. The van der Waals surface area contributed by atoms with Gasteiger partial charge >= 0.3 is 12.3 Å². The molecule has 8 nitrogen and oxygen atoms in total. The average Bonchev–Trinajstić information content (AvgIpc) is 3.37. The van der Waals surface area contributed by atoms with E-state index < -0.39 is 47.3 Å². The molecule has 1 saturated carbocycles. The number of pyridine rings is 1. The number of aromatic nitrogens is 1. The lowest BCUT2D eigenvalue weighted by Crippen LogP contribution is -2.46. The summed E-state index contributed by atoms with van der Waals surface area (Å²) in [6, 6.07) is 18.3. The number of Topliss-reactive ketones (excluding diaryl/α,β-unsaturated/α-hetero) is 1. The first-order valence-electron chi connectivity index (χ1n) is 14.0. The van der Waals surface area contributed by atoms with Crippen LogP contribution in [0.5, 0.6) is 5.88 Å². The molecule has 2 aliphatic rings. The van der Waals surface area contributed by atoms with Gasteiger partial charge < -0.3 is 19.7 Å². The van der Waals surface area contributed by atoms with Crippen molar-refractivity contribution in [2.45, 2.75) is 45.2 Å². The van der Waals surface area contributed by atoms with Crippen molar-refractivity contribution in [1.29, 1.82) is 0 Å². The fraction of sp³-hybridized carbons (Fsp3) is 0.375. The first-order valence-corrected chi connectivity index (χ1v) is 14.0. The maximum absolute atomic E-state index is 13.6. The smallest absolute Gasteiger partial charge is 0.408 e. The topological polar surface area (TPSA) is 97.8 Å². The monoisotopic (exact) mass is 613 g/mol. The van der Waals surface area contributed by atoms with E-state index in [0.717, 1.165) is 17.4 Å². The van der Waals surface area contributed by atoms with Crippen molar-refractivity contribution in [2.24, 2.45) is 17.8 Å². The van der Waals surface area contributed by atoms with Crippen molar-refractivity contribution >= 4 is 17.8 Å². The van der Waals surface area contributed by atoms with E-state index in [2.05, 4.69) is 10.3 Å². The molecule has 1 aliphatic carbocycles. The van der Waals surface area contributed by atoms with Gasteiger partial charge in [-0.15, -0.1) is 0 Å². The molecule has 1 aliphatic heterocycles. The lowest BCUT2D eigenvalue weighted by atomic mass is 9.93. The standard InChI is InChI=1S/C32H31F4N3O5/c1-18(40)27(32(34,35)36)29(41)39-15-23-24(16-39)28(23)44-26-14-21(13-25(37-26)20-9-11-22(33)12-10-20)31(2,3)38-30(42)43-17-19-7-5-4-6-8-19/h4-14,23-24,27-28H,15-17H2,1-3H3,(H,38,42)/t23-,24+,27?,28?. The predicted octanol–water partition coefficient (Wildman–Crippen LogP) is 5.65. The summed E-state index contributed by atoms with van der Waals surface area (Å²) in [5, 5.41) is 2.85. The van der Waals surface area contributed by atoms with Crippen molar-refractivity contribution in [3.63, 3.8) is 0 Å². The third-order valence-corrected chi connectivity index (χ3v) is 7.96. The Bertz CT molecular complexity index is 1530. The zero-order valence-electron chi connectivity index (χ0n) is 24.2. The minimum absolute atomic E-state index is 0.0266. The second-order valence-electron chi connectivity index (χ2n) is 11.6. The van der Waals surface area contributed by atoms with Crippen LogP contribution < -0.4 is 10.1 Å². The highest BCUT2D eigenvalue weighted by atomic mass is 19.4. The van der Waals surface area contributed by atoms with Gasteiger partial charge in [0.25, 0.3) is 0 Å². The van der Waals surface area contributed by atoms with Gasteiger partial charge in [0, 0.05) is 36.6 Å². The van der Waals surface area contributed by atoms with Crippen LogP contribution in [0.25, 0.3) is 11.3 Å². The molecule has 2 heterocycles. The number of hydrogen-bond acceptors (Lipinski definition) is 6. The van der Waals surface area contributed by atoms with Crippen LogP contribution in [0.2, 0.25) is 0 Å². The number of likely N-dealkylation sites (tertiary alicyclic amines) is 1. The molecule has 2 amide bonds. The molecule has 5 rings (SSSR count). The van der Waals surface area contributed by atoms with Crippen LogP contribution >= 0.6 is 0 Å². The zero-order valence-corrected chi connectivity index (χ0v) is 24.2. The number of benzene rings is 2. The molecule has 1 saturated heterocycles. The number of ketones is 1. The van der Waals surface area contributed by atoms with E-state index in [1.807, 2.05) is 30.3 Å². The van der Waals surface area contributed by atoms with Crippen molar-refractivity contribution in [3.8, 4) is 17.1 Å². The number of piperidine rings is 1. The zero-order chi connectivity index (χ0) is 31.8. The summed E-state index contributed by atoms with van der Waals surface area (Å²) in [5.41, 5.74) is 1.50. The van der Waals surface area contributed by atoms with Crippen molar-refractivity contribution in [1.82, 2.24) is 15.2 Å². The molecular formula is C32H31F4N3O5. The number of nitrogens with zero attached hydrogens (tertiary/aromatic N) is 2. The van der Waals surface area contributed by atoms with Crippen molar-refractivity contribution < 1.29 is 41.4 Å². The van der Waals surface area contributed by atoms with Crippen molar-refractivity contribution in [2.75, 3.05) is 13.1 Å². The number of hydrogen-bond donors (Lipinski definition) is 1. The van der Waals surface area contributed by atoms with E-state index in [1.54, 1.807) is 38.1 Å². The fourth-order valence-electron chi connectivity index (χ4n) is 5.47. The Kier molecular flexibility index (Phi) is 8.37. The summed E-state index contributed by atoms with van der Waals surface area (Å²) in [6.45, 7) is 4.43. The molecule has 2 unspecified atom stereocenters. The third-order valence-electron chi connectivity index (χ3n) is 7.96. The summed E-state index contributed by atoms with van der Waals surface area (Å²) in [4.78, 5) is 42.4. The first-order chi connectivity index (χ1) is 20.7. The minimum Gasteiger partial charge on any atom is -0.474 e. The van der Waals surface area contributed by atoms with Crippen LogP contribution in [0.4, 0.5) is 22.4 Å². The Labute approximate surface area is 251 Å². The average molecular weight is 614 g/mol. The molecule has 1 aromatic heterocycles. The van der Waals surface area contributed by atoms with Gasteiger partial charge in [0.1, 0.15) is 18.5 Å². The number of alkyl carbamates (subject to hydrolysis) is 1. The molecule has 0 spiro atoms. The van der Waals surface area contributed by atoms with E-state index in [4.69, 9.17) is 9.47 Å². The van der Waals surface area contributed by atoms with E-state index in [-0.39, 0.29) is 37.4 Å². The maximum atomic E-state index is 13.6. The molecule has 232 valence electrons. The Morgan fingerprint density at radius 1 is 1.00 bits per heavy atom. The molecule has 1 N–H and O–H groups in total. The summed E-state index contributed by atoms with van der Waals surface area (Å²) < 4.78 is 65.2. The minimum atomic E-state index is -4.96. The van der Waals surface area contributed by atoms with Gasteiger partial charge in [-0.25, -0.2) is 14.2 Å². The third kappa shape index (κ3) is 6.84. The van der Waals surface area contributed by atoms with E-state index >= 15 is 0 Å². The molecule has 4 atom stereocenters. The highest BCUT2D eigenvalue weighted by Crippen LogP contribution is 2.49. The lowest BCUT2D eigenvalue weighted by Gasteiger charge is -2.28. The SMILES string of the molecule is CC(=O)C(C(=O)N1C[C@@H]2C(Oc3cc(C(C)(C)NC(=O)OCc4ccccc4)cc(-c4ccc(F)cc4)n3)[C@@H]2C1)C(F)(F)F. The van der Waals surface area contributed by atoms with Gasteiger partial charge in [0.05, 0.1) is 11.2 Å². The number of carbonyl (C=O) groups excluding carboxylic acids is 3. The number of nitrogens with one attached hydrogen (secondary N) is 1. The molecule has 0 bridgehead atoms. The second-order valence-corrected chi connectivity index (χ2v) is 11.6. The van der Waals surface area contributed by atoms with E-state index in [9.17, 15) is 31.9 Å². The summed E-state index contributed by atoms with van der Waals surface area (Å²) in [6.07, 6.45) is -6.01. The summed E-state index contributed by atoms with van der Waals surface area (Å²) in [7, 11) is 0. The number of fused-ring (bicyclic) bond motifs is 1. The number of ether oxygens (including phenoxy) is 2. The molecule has 2 aromatic carbocycles. The molecule has 44 heavy (non-hydrogen) atoms. The Balaban J connectivity index is 1.31. The van der Waals surface area contributed by atoms with Gasteiger partial charge in [-0.2, -0.15) is 13.2 Å². The summed E-state index contributed by atoms with van der Waals surface area (Å²) >= 11 is 0. The summed E-state index contributed by atoms with van der Waals surface area (Å²) in [5.74, 6) is -5.84. The maximum Gasteiger partial charge on any atom is 0.408 e. The first kappa shape index (κ1) is 31.0. The Hall–Kier alpha value is -4.48. The van der Waals surface area contributed by atoms with Gasteiger partial charge in [-0.05, 0) is 62.2 Å². The highest BCUT2D eigenvalue weighted by Gasteiger charge is 2.61. The van der Waals surface area contributed by atoms with Crippen molar-refractivity contribution in [3.05, 3.63) is 83.7 Å². The Morgan fingerprint density at radius 3 is 2.23 bits per heavy atom. The van der Waals surface area contributed by atoms with Crippen LogP contribution in [-0.4, -0.2) is 53.0 Å². The van der Waals surface area contributed by atoms with Crippen LogP contribution in [0.15, 0.2) is 66.7 Å². The normalized spacial score (nSPS) is 20.0. The predicted molar refractivity (Wildman–Crippen MR) is 151 cm³/mol. The number of halogens is 4. The van der Waals surface area contributed by atoms with Crippen LogP contribution in [-0.2, 0) is 26.5 Å². The second kappa shape index (κ2) is 11.9. The van der Waals surface area contributed by atoms with Gasteiger partial charge in [-0.3, -0.25) is 9.59 Å². The molecule has 3 aromatic rings. The fourth-order valence-corrected chi connectivity index (χ4v) is 5.47. The molecular weight excluding hydrogens is 582 g/mol. The number of carbonyl (C=O) groups is 3. The number of alkyl halides is 3. The van der Waals surface area contributed by atoms with Gasteiger partial charge in [0.15, 0.2) is 11.7 Å². The Morgan fingerprint density at radius 2 is 1.64 bits per heavy atom.